The summed E-state index contributed by atoms with van der Waals surface area (Å²) in [6.07, 6.45) is 1.70. The Kier molecular flexibility index (Phi) is 3.81. The van der Waals surface area contributed by atoms with Gasteiger partial charge in [0.05, 0.1) is 4.92 Å². The van der Waals surface area contributed by atoms with Crippen molar-refractivity contribution in [2.75, 3.05) is 11.9 Å². The summed E-state index contributed by atoms with van der Waals surface area (Å²) in [6.45, 7) is 0.337. The van der Waals surface area contributed by atoms with Crippen LogP contribution < -0.4 is 5.32 Å². The summed E-state index contributed by atoms with van der Waals surface area (Å²) in [5.74, 6) is -0.727. The molecule has 0 amide bonds. The zero-order valence-corrected chi connectivity index (χ0v) is 8.71. The maximum Gasteiger partial charge on any atom is 0.330 e. The van der Waals surface area contributed by atoms with Crippen LogP contribution in [0.15, 0.2) is 6.20 Å². The second-order valence-corrected chi connectivity index (χ2v) is 3.22. The van der Waals surface area contributed by atoms with Gasteiger partial charge < -0.3 is 10.4 Å². The molecule has 8 heteroatoms. The number of hydrogen-bond donors (Lipinski definition) is 2. The van der Waals surface area contributed by atoms with Gasteiger partial charge in [-0.05, 0) is 6.42 Å². The van der Waals surface area contributed by atoms with Crippen molar-refractivity contribution in [1.82, 2.24) is 9.78 Å². The van der Waals surface area contributed by atoms with Gasteiger partial charge in [0.15, 0.2) is 0 Å². The molecule has 0 radical (unpaired) electrons. The molecule has 0 fully saturated rings. The van der Waals surface area contributed by atoms with E-state index in [0.717, 1.165) is 0 Å². The smallest absolute Gasteiger partial charge is 0.330 e. The SMILES string of the molecule is Cn1cc([N+](=O)[O-])c(NCCCC(=O)O)n1. The van der Waals surface area contributed by atoms with Gasteiger partial charge in [-0.3, -0.25) is 19.6 Å². The van der Waals surface area contributed by atoms with E-state index in [1.165, 1.54) is 10.9 Å². The number of rotatable bonds is 6. The lowest BCUT2D eigenvalue weighted by Crippen LogP contribution is -2.06. The maximum absolute atomic E-state index is 10.6. The molecule has 1 rings (SSSR count). The summed E-state index contributed by atoms with van der Waals surface area (Å²) < 4.78 is 1.33. The van der Waals surface area contributed by atoms with Crippen LogP contribution in [0.25, 0.3) is 0 Å². The van der Waals surface area contributed by atoms with Crippen LogP contribution in [-0.4, -0.2) is 32.3 Å². The average Bonchev–Trinajstić information content (AvgIpc) is 2.54. The summed E-state index contributed by atoms with van der Waals surface area (Å²) in [4.78, 5) is 20.3. The average molecular weight is 228 g/mol. The van der Waals surface area contributed by atoms with Crippen LogP contribution in [0.4, 0.5) is 11.5 Å². The summed E-state index contributed by atoms with van der Waals surface area (Å²) in [6, 6.07) is 0. The molecule has 88 valence electrons. The van der Waals surface area contributed by atoms with Crippen molar-refractivity contribution in [3.63, 3.8) is 0 Å². The number of nitro groups is 1. The van der Waals surface area contributed by atoms with Crippen molar-refractivity contribution in [2.45, 2.75) is 12.8 Å². The number of carboxylic acid groups (broad SMARTS) is 1. The molecule has 0 aromatic carbocycles. The van der Waals surface area contributed by atoms with Crippen LogP contribution >= 0.6 is 0 Å². The van der Waals surface area contributed by atoms with E-state index in [2.05, 4.69) is 10.4 Å². The van der Waals surface area contributed by atoms with Gasteiger partial charge in [-0.1, -0.05) is 0 Å². The summed E-state index contributed by atoms with van der Waals surface area (Å²) >= 11 is 0. The zero-order valence-electron chi connectivity index (χ0n) is 8.71. The number of aromatic nitrogens is 2. The van der Waals surface area contributed by atoms with E-state index in [4.69, 9.17) is 5.11 Å². The van der Waals surface area contributed by atoms with E-state index in [-0.39, 0.29) is 17.9 Å². The Morgan fingerprint density at radius 2 is 2.44 bits per heavy atom. The van der Waals surface area contributed by atoms with E-state index < -0.39 is 10.9 Å². The Hall–Kier alpha value is -2.12. The van der Waals surface area contributed by atoms with Crippen molar-refractivity contribution in [1.29, 1.82) is 0 Å². The Bertz CT molecular complexity index is 401. The normalized spacial score (nSPS) is 10.1. The van der Waals surface area contributed by atoms with Crippen LogP contribution in [0.5, 0.6) is 0 Å². The van der Waals surface area contributed by atoms with Gasteiger partial charge in [0.2, 0.25) is 5.82 Å². The van der Waals surface area contributed by atoms with Crippen molar-refractivity contribution >= 4 is 17.5 Å². The molecule has 1 aromatic rings. The van der Waals surface area contributed by atoms with E-state index in [1.807, 2.05) is 0 Å². The van der Waals surface area contributed by atoms with Crippen LogP contribution in [0.1, 0.15) is 12.8 Å². The third-order valence-corrected chi connectivity index (χ3v) is 1.87. The first kappa shape index (κ1) is 12.0. The van der Waals surface area contributed by atoms with Gasteiger partial charge in [-0.2, -0.15) is 0 Å². The fourth-order valence-electron chi connectivity index (χ4n) is 1.18. The molecule has 0 aliphatic carbocycles. The van der Waals surface area contributed by atoms with Crippen LogP contribution in [0.3, 0.4) is 0 Å². The van der Waals surface area contributed by atoms with E-state index in [9.17, 15) is 14.9 Å². The lowest BCUT2D eigenvalue weighted by atomic mass is 10.3. The predicted octanol–water partition coefficient (Wildman–Crippen LogP) is 0.605. The first-order chi connectivity index (χ1) is 7.50. The molecule has 0 saturated carbocycles. The van der Waals surface area contributed by atoms with E-state index in [0.29, 0.717) is 13.0 Å². The third-order valence-electron chi connectivity index (χ3n) is 1.87. The van der Waals surface area contributed by atoms with Gasteiger partial charge in [-0.15, -0.1) is 5.10 Å². The minimum Gasteiger partial charge on any atom is -0.481 e. The summed E-state index contributed by atoms with van der Waals surface area (Å²) in [7, 11) is 1.58. The molecule has 8 nitrogen and oxygen atoms in total. The second kappa shape index (κ2) is 5.10. The minimum atomic E-state index is -0.891. The molecule has 0 unspecified atom stereocenters. The lowest BCUT2D eigenvalue weighted by Gasteiger charge is -2.00. The molecule has 0 saturated heterocycles. The van der Waals surface area contributed by atoms with Gasteiger partial charge in [0, 0.05) is 20.0 Å². The predicted molar refractivity (Wildman–Crippen MR) is 55.2 cm³/mol. The number of carboxylic acids is 1. The largest absolute Gasteiger partial charge is 0.481 e. The van der Waals surface area contributed by atoms with Gasteiger partial charge in [-0.25, -0.2) is 0 Å². The van der Waals surface area contributed by atoms with E-state index in [1.54, 1.807) is 7.05 Å². The highest BCUT2D eigenvalue weighted by Crippen LogP contribution is 2.21. The molecule has 0 bridgehead atoms. The highest BCUT2D eigenvalue weighted by atomic mass is 16.6. The van der Waals surface area contributed by atoms with Gasteiger partial charge in [0.1, 0.15) is 6.20 Å². The molecular weight excluding hydrogens is 216 g/mol. The van der Waals surface area contributed by atoms with Crippen LogP contribution in [0, 0.1) is 10.1 Å². The van der Waals surface area contributed by atoms with Crippen molar-refractivity contribution in [3.05, 3.63) is 16.3 Å². The molecule has 1 aromatic heterocycles. The molecule has 0 aliphatic rings. The number of anilines is 1. The van der Waals surface area contributed by atoms with E-state index >= 15 is 0 Å². The third kappa shape index (κ3) is 3.23. The standard InChI is InChI=1S/C8H12N4O4/c1-11-5-6(12(15)16)8(10-11)9-4-2-3-7(13)14/h5H,2-4H2,1H3,(H,9,10)(H,13,14). The summed E-state index contributed by atoms with van der Waals surface area (Å²) in [5.41, 5.74) is -0.113. The molecule has 1 heterocycles. The lowest BCUT2D eigenvalue weighted by molar-refractivity contribution is -0.384. The van der Waals surface area contributed by atoms with Gasteiger partial charge >= 0.3 is 11.7 Å². The fraction of sp³-hybridized carbons (Fsp3) is 0.500. The number of aliphatic carboxylic acids is 1. The second-order valence-electron chi connectivity index (χ2n) is 3.22. The molecule has 0 spiro atoms. The summed E-state index contributed by atoms with van der Waals surface area (Å²) in [5, 5.41) is 25.6. The molecule has 16 heavy (non-hydrogen) atoms. The molecule has 0 atom stereocenters. The Balaban J connectivity index is 2.53. The van der Waals surface area contributed by atoms with Crippen LogP contribution in [0.2, 0.25) is 0 Å². The minimum absolute atomic E-state index is 0.0215. The quantitative estimate of drug-likeness (QED) is 0.419. The molecular formula is C8H12N4O4. The zero-order chi connectivity index (χ0) is 12.1. The molecule has 0 aliphatic heterocycles. The van der Waals surface area contributed by atoms with Crippen molar-refractivity contribution in [3.8, 4) is 0 Å². The van der Waals surface area contributed by atoms with Crippen molar-refractivity contribution in [2.24, 2.45) is 7.05 Å². The number of hydrogen-bond acceptors (Lipinski definition) is 5. The highest BCUT2D eigenvalue weighted by molar-refractivity contribution is 5.66. The molecule has 2 N–H and O–H groups in total. The number of aryl methyl sites for hydroxylation is 1. The Morgan fingerprint density at radius 3 is 3.00 bits per heavy atom. The maximum atomic E-state index is 10.6. The monoisotopic (exact) mass is 228 g/mol. The Morgan fingerprint density at radius 1 is 1.75 bits per heavy atom. The Labute approximate surface area is 91.0 Å². The fourth-order valence-corrected chi connectivity index (χ4v) is 1.18. The van der Waals surface area contributed by atoms with Gasteiger partial charge in [0.25, 0.3) is 0 Å². The first-order valence-corrected chi connectivity index (χ1v) is 4.64. The number of carbonyl (C=O) groups is 1. The number of nitrogens with one attached hydrogen (secondary N) is 1. The first-order valence-electron chi connectivity index (χ1n) is 4.64. The number of nitrogens with zero attached hydrogens (tertiary/aromatic N) is 3. The highest BCUT2D eigenvalue weighted by Gasteiger charge is 2.17. The van der Waals surface area contributed by atoms with Crippen LogP contribution in [-0.2, 0) is 11.8 Å². The topological polar surface area (TPSA) is 110 Å². The van der Waals surface area contributed by atoms with Crippen molar-refractivity contribution < 1.29 is 14.8 Å².